The number of anilines is 1. The van der Waals surface area contributed by atoms with Crippen molar-refractivity contribution in [2.45, 2.75) is 42.7 Å². The molecule has 1 aliphatic rings. The van der Waals surface area contributed by atoms with Gasteiger partial charge in [0.2, 0.25) is 5.91 Å². The van der Waals surface area contributed by atoms with Crippen LogP contribution in [0.25, 0.3) is 11.3 Å². The Labute approximate surface area is 236 Å². The summed E-state index contributed by atoms with van der Waals surface area (Å²) in [5, 5.41) is 15.5. The number of aromatic nitrogens is 1. The minimum absolute atomic E-state index is 0.0381. The van der Waals surface area contributed by atoms with Gasteiger partial charge in [-0.05, 0) is 42.7 Å². The van der Waals surface area contributed by atoms with Gasteiger partial charge in [0.25, 0.3) is 0 Å². The zero-order valence-corrected chi connectivity index (χ0v) is 23.7. The largest absolute Gasteiger partial charge is 0.395 e. The quantitative estimate of drug-likeness (QED) is 0.278. The first kappa shape index (κ1) is 28.2. The molecule has 11 heteroatoms. The van der Waals surface area contributed by atoms with Crippen molar-refractivity contribution >= 4 is 58.1 Å². The molecule has 7 nitrogen and oxygen atoms in total. The Hall–Kier alpha value is -1.85. The van der Waals surface area contributed by atoms with Gasteiger partial charge < -0.3 is 16.2 Å². The SMILES string of the molecule is CC(=O)N(Sc1nc(-c2cccc(NC[C@H](N)CO)c2)cs1)C1CCN(Cc2ccc(Cl)c(Cl)c2)CC1. The molecule has 0 radical (unpaired) electrons. The number of amides is 1. The molecule has 4 N–H and O–H groups in total. The zero-order chi connectivity index (χ0) is 26.4. The number of nitrogens with zero attached hydrogens (tertiary/aromatic N) is 3. The third kappa shape index (κ3) is 7.83. The van der Waals surface area contributed by atoms with E-state index in [1.807, 2.05) is 52.1 Å². The summed E-state index contributed by atoms with van der Waals surface area (Å²) >= 11 is 15.2. The Balaban J connectivity index is 1.35. The maximum atomic E-state index is 12.6. The van der Waals surface area contributed by atoms with Crippen LogP contribution in [-0.4, -0.2) is 63.5 Å². The molecule has 0 aliphatic carbocycles. The van der Waals surface area contributed by atoms with E-state index in [9.17, 15) is 4.79 Å². The van der Waals surface area contributed by atoms with E-state index >= 15 is 0 Å². The van der Waals surface area contributed by atoms with Crippen LogP contribution in [0.4, 0.5) is 5.69 Å². The van der Waals surface area contributed by atoms with Crippen LogP contribution >= 0.6 is 46.5 Å². The predicted molar refractivity (Wildman–Crippen MR) is 154 cm³/mol. The summed E-state index contributed by atoms with van der Waals surface area (Å²) in [6, 6.07) is 13.5. The van der Waals surface area contributed by atoms with E-state index in [1.165, 1.54) is 23.3 Å². The molecule has 1 aromatic heterocycles. The third-order valence-electron chi connectivity index (χ3n) is 6.21. The minimum atomic E-state index is -0.314. The normalized spacial score (nSPS) is 15.5. The average molecular weight is 581 g/mol. The number of piperidine rings is 1. The fraction of sp³-hybridized carbons (Fsp3) is 0.385. The van der Waals surface area contributed by atoms with Crippen molar-refractivity contribution in [3.63, 3.8) is 0 Å². The number of benzene rings is 2. The number of halogens is 2. The van der Waals surface area contributed by atoms with E-state index in [-0.39, 0.29) is 24.6 Å². The topological polar surface area (TPSA) is 94.7 Å². The van der Waals surface area contributed by atoms with E-state index in [0.717, 1.165) is 59.3 Å². The molecular formula is C26H31Cl2N5O2S2. The monoisotopic (exact) mass is 579 g/mol. The van der Waals surface area contributed by atoms with Crippen LogP contribution in [0.3, 0.4) is 0 Å². The van der Waals surface area contributed by atoms with Crippen LogP contribution < -0.4 is 11.1 Å². The van der Waals surface area contributed by atoms with Crippen molar-refractivity contribution in [1.29, 1.82) is 0 Å². The average Bonchev–Trinajstić information content (AvgIpc) is 3.37. The fourth-order valence-corrected chi connectivity index (χ4v) is 6.45. The van der Waals surface area contributed by atoms with Gasteiger partial charge in [0.15, 0.2) is 4.34 Å². The number of carbonyl (C=O) groups excluding carboxylic acids is 1. The first-order valence-corrected chi connectivity index (χ1v) is 14.5. The standard InChI is InChI=1S/C26H31Cl2N5O2S2/c1-17(35)33(22-7-9-32(10-8-22)14-18-5-6-23(27)24(28)11-18)37-26-31-25(16-36-26)19-3-2-4-21(12-19)30-13-20(29)15-34/h2-6,11-12,16,20,22,30,34H,7-10,13-15,29H2,1H3/t20-/m0/s1. The summed E-state index contributed by atoms with van der Waals surface area (Å²) in [5.41, 5.74) is 9.69. The lowest BCUT2D eigenvalue weighted by Gasteiger charge is -2.37. The Morgan fingerprint density at radius 3 is 2.76 bits per heavy atom. The Morgan fingerprint density at radius 1 is 1.27 bits per heavy atom. The molecule has 2 heterocycles. The Morgan fingerprint density at radius 2 is 2.05 bits per heavy atom. The predicted octanol–water partition coefficient (Wildman–Crippen LogP) is 5.37. The fourth-order valence-electron chi connectivity index (χ4n) is 4.22. The molecule has 198 valence electrons. The lowest BCUT2D eigenvalue weighted by atomic mass is 10.0. The van der Waals surface area contributed by atoms with Gasteiger partial charge in [-0.3, -0.25) is 14.0 Å². The highest BCUT2D eigenvalue weighted by atomic mass is 35.5. The number of aliphatic hydroxyl groups is 1. The number of carbonyl (C=O) groups is 1. The summed E-state index contributed by atoms with van der Waals surface area (Å²) < 4.78 is 2.72. The van der Waals surface area contributed by atoms with Gasteiger partial charge in [-0.25, -0.2) is 4.98 Å². The van der Waals surface area contributed by atoms with Gasteiger partial charge in [-0.1, -0.05) is 41.4 Å². The second-order valence-corrected chi connectivity index (χ2v) is 12.0. The molecule has 4 rings (SSSR count). The van der Waals surface area contributed by atoms with Crippen LogP contribution in [0, 0.1) is 0 Å². The Kier molecular flexibility index (Phi) is 10.1. The first-order valence-electron chi connectivity index (χ1n) is 12.1. The maximum absolute atomic E-state index is 12.6. The summed E-state index contributed by atoms with van der Waals surface area (Å²) in [5.74, 6) is 0.0381. The number of thiazole rings is 1. The molecule has 0 unspecified atom stereocenters. The van der Waals surface area contributed by atoms with Crippen LogP contribution in [0.1, 0.15) is 25.3 Å². The maximum Gasteiger partial charge on any atom is 0.229 e. The number of nitrogens with two attached hydrogens (primary N) is 1. The van der Waals surface area contributed by atoms with Gasteiger partial charge >= 0.3 is 0 Å². The number of aliphatic hydroxyl groups excluding tert-OH is 1. The van der Waals surface area contributed by atoms with Crippen LogP contribution in [0.15, 0.2) is 52.2 Å². The number of rotatable bonds is 10. The molecule has 0 saturated carbocycles. The highest BCUT2D eigenvalue weighted by Gasteiger charge is 2.28. The minimum Gasteiger partial charge on any atom is -0.395 e. The van der Waals surface area contributed by atoms with Crippen molar-refractivity contribution in [1.82, 2.24) is 14.2 Å². The van der Waals surface area contributed by atoms with E-state index < -0.39 is 0 Å². The van der Waals surface area contributed by atoms with Crippen molar-refractivity contribution in [3.05, 3.63) is 63.5 Å². The molecule has 0 bridgehead atoms. The van der Waals surface area contributed by atoms with E-state index in [4.69, 9.17) is 39.0 Å². The molecule has 0 spiro atoms. The second-order valence-electron chi connectivity index (χ2n) is 9.09. The van der Waals surface area contributed by atoms with Gasteiger partial charge in [-0.2, -0.15) is 0 Å². The van der Waals surface area contributed by atoms with E-state index in [1.54, 1.807) is 6.92 Å². The highest BCUT2D eigenvalue weighted by molar-refractivity contribution is 7.99. The molecule has 1 amide bonds. The second kappa shape index (κ2) is 13.3. The molecule has 3 aromatic rings. The molecule has 1 aliphatic heterocycles. The molecule has 1 atom stereocenters. The number of hydrogen-bond donors (Lipinski definition) is 3. The molecule has 37 heavy (non-hydrogen) atoms. The molecule has 1 fully saturated rings. The summed E-state index contributed by atoms with van der Waals surface area (Å²) in [6.45, 7) is 4.65. The van der Waals surface area contributed by atoms with Gasteiger partial charge in [-0.15, -0.1) is 11.3 Å². The number of likely N-dealkylation sites (tertiary alicyclic amines) is 1. The lowest BCUT2D eigenvalue weighted by Crippen LogP contribution is -2.43. The number of nitrogens with one attached hydrogen (secondary N) is 1. The smallest absolute Gasteiger partial charge is 0.229 e. The van der Waals surface area contributed by atoms with Crippen molar-refractivity contribution in [3.8, 4) is 11.3 Å². The van der Waals surface area contributed by atoms with Crippen molar-refractivity contribution < 1.29 is 9.90 Å². The van der Waals surface area contributed by atoms with Crippen LogP contribution in [-0.2, 0) is 11.3 Å². The van der Waals surface area contributed by atoms with Gasteiger partial charge in [0.1, 0.15) is 0 Å². The third-order valence-corrected chi connectivity index (χ3v) is 9.09. The van der Waals surface area contributed by atoms with Gasteiger partial charge in [0, 0.05) is 73.8 Å². The zero-order valence-electron chi connectivity index (χ0n) is 20.6. The summed E-state index contributed by atoms with van der Waals surface area (Å²) in [7, 11) is 0. The van der Waals surface area contributed by atoms with Crippen molar-refractivity contribution in [2.75, 3.05) is 31.6 Å². The van der Waals surface area contributed by atoms with E-state index in [2.05, 4.69) is 10.2 Å². The van der Waals surface area contributed by atoms with Crippen LogP contribution in [0.5, 0.6) is 0 Å². The summed E-state index contributed by atoms with van der Waals surface area (Å²) in [4.78, 5) is 19.7. The molecule has 1 saturated heterocycles. The molecule has 2 aromatic carbocycles. The van der Waals surface area contributed by atoms with Crippen molar-refractivity contribution in [2.24, 2.45) is 5.73 Å². The molecular weight excluding hydrogens is 549 g/mol. The van der Waals surface area contributed by atoms with E-state index in [0.29, 0.717) is 16.6 Å². The summed E-state index contributed by atoms with van der Waals surface area (Å²) in [6.07, 6.45) is 1.80. The van der Waals surface area contributed by atoms with Gasteiger partial charge in [0.05, 0.1) is 22.3 Å². The first-order chi connectivity index (χ1) is 17.8. The lowest BCUT2D eigenvalue weighted by molar-refractivity contribution is -0.125. The highest BCUT2D eigenvalue weighted by Crippen LogP contribution is 2.34. The Bertz CT molecular complexity index is 1200. The number of hydrogen-bond acceptors (Lipinski definition) is 8. The van der Waals surface area contributed by atoms with Crippen LogP contribution in [0.2, 0.25) is 10.0 Å².